The van der Waals surface area contributed by atoms with Crippen molar-refractivity contribution in [1.29, 1.82) is 0 Å². The first-order chi connectivity index (χ1) is 12.4. The molecule has 0 saturated heterocycles. The van der Waals surface area contributed by atoms with Gasteiger partial charge in [-0.2, -0.15) is 21.6 Å². The van der Waals surface area contributed by atoms with Crippen molar-refractivity contribution in [2.75, 3.05) is 7.11 Å². The lowest BCUT2D eigenvalue weighted by Gasteiger charge is -2.26. The number of esters is 1. The molecule has 0 aromatic heterocycles. The van der Waals surface area contributed by atoms with Crippen molar-refractivity contribution in [1.82, 2.24) is 0 Å². The van der Waals surface area contributed by atoms with Crippen molar-refractivity contribution < 1.29 is 48.5 Å². The molecule has 1 aromatic carbocycles. The Morgan fingerprint density at radius 3 is 2.30 bits per heavy atom. The van der Waals surface area contributed by atoms with Gasteiger partial charge in [-0.3, -0.25) is 0 Å². The lowest BCUT2D eigenvalue weighted by molar-refractivity contribution is -0.136. The van der Waals surface area contributed by atoms with E-state index >= 15 is 0 Å². The van der Waals surface area contributed by atoms with Crippen LogP contribution in [0.25, 0.3) is 0 Å². The molecule has 0 amide bonds. The quantitative estimate of drug-likeness (QED) is 0.245. The number of benzene rings is 1. The number of hydrogen-bond acceptors (Lipinski definition) is 5. The maximum absolute atomic E-state index is 14.0. The third kappa shape index (κ3) is 4.20. The molecule has 0 spiro atoms. The molecule has 5 nitrogen and oxygen atoms in total. The molecule has 0 radical (unpaired) electrons. The molecule has 2 rings (SSSR count). The Morgan fingerprint density at radius 2 is 1.74 bits per heavy atom. The second-order valence-corrected chi connectivity index (χ2v) is 7.11. The largest absolute Gasteiger partial charge is 0.534 e. The summed E-state index contributed by atoms with van der Waals surface area (Å²) in [6, 6.07) is 1.15. The predicted molar refractivity (Wildman–Crippen MR) is 78.0 cm³/mol. The van der Waals surface area contributed by atoms with Crippen LogP contribution in [0, 0.1) is 17.5 Å². The molecule has 0 bridgehead atoms. The standard InChI is InChI=1S/C15H12F6O5S/c1-25-14(22)8-3-2-7(12-9(16)4-5-10(17)13(12)18)6-11(8)26-27(23,24)15(19,20)21/h4-5,7H,2-3,6H2,1H3. The van der Waals surface area contributed by atoms with Crippen LogP contribution in [0.2, 0.25) is 0 Å². The van der Waals surface area contributed by atoms with Gasteiger partial charge in [0.25, 0.3) is 0 Å². The topological polar surface area (TPSA) is 69.7 Å². The first-order valence-electron chi connectivity index (χ1n) is 7.33. The summed E-state index contributed by atoms with van der Waals surface area (Å²) in [4.78, 5) is 11.7. The third-order valence-corrected chi connectivity index (χ3v) is 4.91. The van der Waals surface area contributed by atoms with Crippen LogP contribution in [0.4, 0.5) is 26.3 Å². The van der Waals surface area contributed by atoms with Crippen molar-refractivity contribution in [2.45, 2.75) is 30.7 Å². The van der Waals surface area contributed by atoms with Gasteiger partial charge < -0.3 is 8.92 Å². The molecule has 0 fully saturated rings. The fraction of sp³-hybridized carbons (Fsp3) is 0.400. The molecule has 150 valence electrons. The highest BCUT2D eigenvalue weighted by molar-refractivity contribution is 7.87. The van der Waals surface area contributed by atoms with Gasteiger partial charge in [0.05, 0.1) is 12.7 Å². The summed E-state index contributed by atoms with van der Waals surface area (Å²) >= 11 is 0. The van der Waals surface area contributed by atoms with Gasteiger partial charge in [-0.05, 0) is 30.9 Å². The highest BCUT2D eigenvalue weighted by atomic mass is 32.2. The van der Waals surface area contributed by atoms with Gasteiger partial charge in [0.15, 0.2) is 11.6 Å². The van der Waals surface area contributed by atoms with E-state index in [1.165, 1.54) is 0 Å². The van der Waals surface area contributed by atoms with E-state index in [1.807, 2.05) is 0 Å². The van der Waals surface area contributed by atoms with E-state index in [-0.39, 0.29) is 6.42 Å². The Kier molecular flexibility index (Phi) is 5.78. The molecule has 0 heterocycles. The van der Waals surface area contributed by atoms with Crippen LogP contribution in [-0.2, 0) is 23.8 Å². The monoisotopic (exact) mass is 418 g/mol. The van der Waals surface area contributed by atoms with E-state index in [2.05, 4.69) is 8.92 Å². The number of carbonyl (C=O) groups is 1. The fourth-order valence-electron chi connectivity index (χ4n) is 2.67. The third-order valence-electron chi connectivity index (χ3n) is 3.92. The number of carbonyl (C=O) groups excluding carboxylic acids is 1. The molecule has 1 atom stereocenters. The maximum Gasteiger partial charge on any atom is 0.534 e. The molecular formula is C15H12F6O5S. The van der Waals surface area contributed by atoms with Crippen LogP contribution in [0.5, 0.6) is 0 Å². The number of alkyl halides is 3. The lowest BCUT2D eigenvalue weighted by atomic mass is 9.83. The van der Waals surface area contributed by atoms with Gasteiger partial charge in [-0.1, -0.05) is 0 Å². The first-order valence-corrected chi connectivity index (χ1v) is 8.74. The Bertz CT molecular complexity index is 891. The average molecular weight is 418 g/mol. The summed E-state index contributed by atoms with van der Waals surface area (Å²) in [5.74, 6) is -7.48. The molecule has 0 aliphatic heterocycles. The molecule has 27 heavy (non-hydrogen) atoms. The number of ether oxygens (including phenoxy) is 1. The summed E-state index contributed by atoms with van der Waals surface area (Å²) in [5, 5.41) is 0. The first kappa shape index (κ1) is 21.1. The summed E-state index contributed by atoms with van der Waals surface area (Å²) < 4.78 is 110. The zero-order valence-electron chi connectivity index (χ0n) is 13.6. The Labute approximate surface area is 149 Å². The highest BCUT2D eigenvalue weighted by Crippen LogP contribution is 2.41. The normalized spacial score (nSPS) is 18.4. The molecule has 0 N–H and O–H groups in total. The minimum absolute atomic E-state index is 0.180. The van der Waals surface area contributed by atoms with Crippen LogP contribution in [0.1, 0.15) is 30.7 Å². The van der Waals surface area contributed by atoms with Crippen molar-refractivity contribution in [2.24, 2.45) is 0 Å². The summed E-state index contributed by atoms with van der Waals surface area (Å²) in [5.41, 5.74) is -7.08. The smallest absolute Gasteiger partial charge is 0.466 e. The number of allylic oxidation sites excluding steroid dienone is 1. The van der Waals surface area contributed by atoms with Gasteiger partial charge in [0.2, 0.25) is 0 Å². The van der Waals surface area contributed by atoms with E-state index in [4.69, 9.17) is 0 Å². The Balaban J connectivity index is 2.49. The van der Waals surface area contributed by atoms with E-state index in [1.54, 1.807) is 0 Å². The zero-order chi connectivity index (χ0) is 20.6. The maximum atomic E-state index is 14.0. The number of methoxy groups -OCH3 is 1. The summed E-state index contributed by atoms with van der Waals surface area (Å²) in [6.07, 6.45) is -1.35. The van der Waals surface area contributed by atoms with Gasteiger partial charge in [-0.15, -0.1) is 0 Å². The minimum atomic E-state index is -6.13. The molecule has 1 unspecified atom stereocenters. The van der Waals surface area contributed by atoms with E-state index in [0.29, 0.717) is 12.1 Å². The van der Waals surface area contributed by atoms with Crippen LogP contribution in [0.15, 0.2) is 23.5 Å². The van der Waals surface area contributed by atoms with Crippen molar-refractivity contribution in [3.63, 3.8) is 0 Å². The van der Waals surface area contributed by atoms with Gasteiger partial charge in [0.1, 0.15) is 11.6 Å². The minimum Gasteiger partial charge on any atom is -0.466 e. The lowest BCUT2D eigenvalue weighted by Crippen LogP contribution is -2.28. The second kappa shape index (κ2) is 7.41. The fourth-order valence-corrected chi connectivity index (χ4v) is 3.20. The molecular weight excluding hydrogens is 406 g/mol. The average Bonchev–Trinajstić information content (AvgIpc) is 2.57. The Morgan fingerprint density at radius 1 is 1.15 bits per heavy atom. The number of rotatable bonds is 4. The second-order valence-electron chi connectivity index (χ2n) is 5.57. The van der Waals surface area contributed by atoms with Crippen LogP contribution < -0.4 is 0 Å². The van der Waals surface area contributed by atoms with Crippen molar-refractivity contribution >= 4 is 16.1 Å². The molecule has 0 saturated carbocycles. The van der Waals surface area contributed by atoms with Gasteiger partial charge in [-0.25, -0.2) is 18.0 Å². The van der Waals surface area contributed by atoms with Crippen LogP contribution >= 0.6 is 0 Å². The van der Waals surface area contributed by atoms with Gasteiger partial charge in [0, 0.05) is 12.0 Å². The number of hydrogen-bond donors (Lipinski definition) is 0. The predicted octanol–water partition coefficient (Wildman–Crippen LogP) is 3.66. The van der Waals surface area contributed by atoms with Crippen LogP contribution in [-0.4, -0.2) is 27.0 Å². The summed E-state index contributed by atoms with van der Waals surface area (Å²) in [7, 11) is -5.23. The SMILES string of the molecule is COC(=O)C1=C(OS(=O)(=O)C(F)(F)F)CC(c2c(F)ccc(F)c2F)CC1. The van der Waals surface area contributed by atoms with Crippen LogP contribution in [0.3, 0.4) is 0 Å². The van der Waals surface area contributed by atoms with E-state index < -0.39 is 74.7 Å². The van der Waals surface area contributed by atoms with Gasteiger partial charge >= 0.3 is 21.6 Å². The highest BCUT2D eigenvalue weighted by Gasteiger charge is 2.50. The molecule has 1 aromatic rings. The molecule has 1 aliphatic rings. The van der Waals surface area contributed by atoms with E-state index in [0.717, 1.165) is 7.11 Å². The van der Waals surface area contributed by atoms with Crippen molar-refractivity contribution in [3.8, 4) is 0 Å². The number of halogens is 6. The van der Waals surface area contributed by atoms with Crippen molar-refractivity contribution in [3.05, 3.63) is 46.5 Å². The Hall–Kier alpha value is -2.24. The molecule has 1 aliphatic carbocycles. The zero-order valence-corrected chi connectivity index (χ0v) is 14.4. The molecule has 12 heteroatoms. The van der Waals surface area contributed by atoms with E-state index in [9.17, 15) is 39.6 Å². The summed E-state index contributed by atoms with van der Waals surface area (Å²) in [6.45, 7) is 0.